The van der Waals surface area contributed by atoms with Gasteiger partial charge in [0, 0.05) is 37.5 Å². The van der Waals surface area contributed by atoms with E-state index < -0.39 is 15.1 Å². The molecular formula is C18H25FN2O3S. The van der Waals surface area contributed by atoms with Gasteiger partial charge in [-0.15, -0.1) is 0 Å². The molecule has 0 aliphatic carbocycles. The summed E-state index contributed by atoms with van der Waals surface area (Å²) in [6, 6.07) is 6.30. The van der Waals surface area contributed by atoms with E-state index in [1.807, 2.05) is 13.8 Å². The largest absolute Gasteiger partial charge is 0.354 e. The molecule has 1 N–H and O–H groups in total. The Hall–Kier alpha value is -1.47. The maximum atomic E-state index is 13.1. The van der Waals surface area contributed by atoms with Gasteiger partial charge in [-0.25, -0.2) is 12.8 Å². The Labute approximate surface area is 148 Å². The number of hydrogen-bond donors (Lipinski definition) is 1. The lowest BCUT2D eigenvalue weighted by Crippen LogP contribution is -2.48. The molecule has 3 atom stereocenters. The van der Waals surface area contributed by atoms with Crippen LogP contribution in [0.2, 0.25) is 0 Å². The first kappa shape index (κ1) is 18.3. The lowest BCUT2D eigenvalue weighted by Gasteiger charge is -2.32. The Morgan fingerprint density at radius 2 is 1.96 bits per heavy atom. The molecule has 0 unspecified atom stereocenters. The number of benzene rings is 1. The standard InChI is InChI=1S/C18H25FN2O3S/c1-12(2)20-18(22)15-7-8-25(23,24)17-11-21(10-16(15)17)9-13-3-5-14(19)6-4-13/h3-6,12,15-17H,7-11H2,1-2H3,(H,20,22)/t15-,16-,17-/m0/s1. The second kappa shape index (κ2) is 7.03. The van der Waals surface area contributed by atoms with Crippen LogP contribution in [0.15, 0.2) is 24.3 Å². The van der Waals surface area contributed by atoms with Crippen molar-refractivity contribution in [2.24, 2.45) is 11.8 Å². The van der Waals surface area contributed by atoms with Crippen LogP contribution in [0.1, 0.15) is 25.8 Å². The van der Waals surface area contributed by atoms with Crippen molar-refractivity contribution in [3.05, 3.63) is 35.6 Å². The number of nitrogens with zero attached hydrogens (tertiary/aromatic N) is 1. The molecule has 5 nitrogen and oxygen atoms in total. The Balaban J connectivity index is 1.75. The van der Waals surface area contributed by atoms with Gasteiger partial charge in [-0.3, -0.25) is 9.69 Å². The second-order valence-electron chi connectivity index (χ2n) is 7.45. The number of likely N-dealkylation sites (tertiary alicyclic amines) is 1. The summed E-state index contributed by atoms with van der Waals surface area (Å²) >= 11 is 0. The van der Waals surface area contributed by atoms with Crippen molar-refractivity contribution >= 4 is 15.7 Å². The lowest BCUT2D eigenvalue weighted by atomic mass is 9.87. The van der Waals surface area contributed by atoms with E-state index >= 15 is 0 Å². The minimum Gasteiger partial charge on any atom is -0.354 e. The zero-order chi connectivity index (χ0) is 18.2. The van der Waals surface area contributed by atoms with Crippen molar-refractivity contribution < 1.29 is 17.6 Å². The highest BCUT2D eigenvalue weighted by Gasteiger charge is 2.50. The van der Waals surface area contributed by atoms with Crippen LogP contribution >= 0.6 is 0 Å². The molecule has 0 saturated carbocycles. The molecule has 138 valence electrons. The third kappa shape index (κ3) is 4.03. The molecule has 1 aromatic carbocycles. The Morgan fingerprint density at radius 3 is 2.60 bits per heavy atom. The molecule has 0 spiro atoms. The summed E-state index contributed by atoms with van der Waals surface area (Å²) in [7, 11) is -3.17. The van der Waals surface area contributed by atoms with Gasteiger partial charge >= 0.3 is 0 Å². The van der Waals surface area contributed by atoms with E-state index in [0.29, 0.717) is 26.1 Å². The van der Waals surface area contributed by atoms with Gasteiger partial charge in [0.2, 0.25) is 5.91 Å². The second-order valence-corrected chi connectivity index (χ2v) is 9.79. The first-order valence-corrected chi connectivity index (χ1v) is 10.5. The van der Waals surface area contributed by atoms with Crippen LogP contribution in [0.4, 0.5) is 4.39 Å². The molecule has 25 heavy (non-hydrogen) atoms. The van der Waals surface area contributed by atoms with Gasteiger partial charge in [0.05, 0.1) is 11.0 Å². The van der Waals surface area contributed by atoms with Crippen LogP contribution in [0.3, 0.4) is 0 Å². The van der Waals surface area contributed by atoms with Gasteiger partial charge in [-0.2, -0.15) is 0 Å². The molecule has 1 amide bonds. The average Bonchev–Trinajstić information content (AvgIpc) is 2.94. The number of halogens is 1. The molecule has 2 aliphatic rings. The fourth-order valence-corrected chi connectivity index (χ4v) is 6.13. The van der Waals surface area contributed by atoms with Crippen molar-refractivity contribution in [2.75, 3.05) is 18.8 Å². The van der Waals surface area contributed by atoms with Crippen molar-refractivity contribution in [3.63, 3.8) is 0 Å². The zero-order valence-corrected chi connectivity index (χ0v) is 15.4. The highest BCUT2D eigenvalue weighted by Crippen LogP contribution is 2.37. The average molecular weight is 368 g/mol. The summed E-state index contributed by atoms with van der Waals surface area (Å²) in [6.07, 6.45) is 0.395. The monoisotopic (exact) mass is 368 g/mol. The van der Waals surface area contributed by atoms with Crippen molar-refractivity contribution in [3.8, 4) is 0 Å². The lowest BCUT2D eigenvalue weighted by molar-refractivity contribution is -0.127. The molecule has 1 aromatic rings. The number of carbonyl (C=O) groups is 1. The van der Waals surface area contributed by atoms with E-state index in [2.05, 4.69) is 10.2 Å². The number of hydrogen-bond acceptors (Lipinski definition) is 4. The van der Waals surface area contributed by atoms with Crippen LogP contribution < -0.4 is 5.32 Å². The maximum absolute atomic E-state index is 13.1. The minimum atomic E-state index is -3.17. The Kier molecular flexibility index (Phi) is 5.16. The molecule has 3 rings (SSSR count). The quantitative estimate of drug-likeness (QED) is 0.876. The van der Waals surface area contributed by atoms with Crippen LogP contribution in [0, 0.1) is 17.7 Å². The van der Waals surface area contributed by atoms with Crippen LogP contribution in [0.25, 0.3) is 0 Å². The topological polar surface area (TPSA) is 66.5 Å². The molecule has 2 saturated heterocycles. The summed E-state index contributed by atoms with van der Waals surface area (Å²) in [6.45, 7) is 5.41. The Bertz CT molecular complexity index is 733. The summed E-state index contributed by atoms with van der Waals surface area (Å²) in [5, 5.41) is 2.45. The summed E-state index contributed by atoms with van der Waals surface area (Å²) in [4.78, 5) is 14.6. The first-order valence-electron chi connectivity index (χ1n) is 8.75. The van der Waals surface area contributed by atoms with E-state index in [1.54, 1.807) is 12.1 Å². The molecule has 0 bridgehead atoms. The van der Waals surface area contributed by atoms with E-state index in [1.165, 1.54) is 12.1 Å². The van der Waals surface area contributed by atoms with Gasteiger partial charge in [-0.1, -0.05) is 12.1 Å². The number of carbonyl (C=O) groups excluding carboxylic acids is 1. The summed E-state index contributed by atoms with van der Waals surface area (Å²) in [5.74, 6) is -0.670. The minimum absolute atomic E-state index is 0.0384. The normalized spacial score (nSPS) is 28.7. The van der Waals surface area contributed by atoms with Gasteiger partial charge < -0.3 is 5.32 Å². The van der Waals surface area contributed by atoms with Gasteiger partial charge in [0.25, 0.3) is 0 Å². The molecule has 7 heteroatoms. The highest BCUT2D eigenvalue weighted by atomic mass is 32.2. The smallest absolute Gasteiger partial charge is 0.223 e. The maximum Gasteiger partial charge on any atom is 0.223 e. The van der Waals surface area contributed by atoms with E-state index in [9.17, 15) is 17.6 Å². The summed E-state index contributed by atoms with van der Waals surface area (Å²) < 4.78 is 38.0. The molecule has 2 aliphatic heterocycles. The first-order chi connectivity index (χ1) is 11.8. The van der Waals surface area contributed by atoms with Gasteiger partial charge in [0.15, 0.2) is 9.84 Å². The van der Waals surface area contributed by atoms with Crippen LogP contribution in [-0.4, -0.2) is 49.4 Å². The summed E-state index contributed by atoms with van der Waals surface area (Å²) in [5.41, 5.74) is 0.945. The number of nitrogens with one attached hydrogen (secondary N) is 1. The molecule has 0 radical (unpaired) electrons. The van der Waals surface area contributed by atoms with Crippen molar-refractivity contribution in [1.29, 1.82) is 0 Å². The molecule has 2 heterocycles. The highest BCUT2D eigenvalue weighted by molar-refractivity contribution is 7.92. The number of amides is 1. The fraction of sp³-hybridized carbons (Fsp3) is 0.611. The fourth-order valence-electron chi connectivity index (χ4n) is 4.00. The predicted molar refractivity (Wildman–Crippen MR) is 94.1 cm³/mol. The van der Waals surface area contributed by atoms with Crippen LogP contribution in [0.5, 0.6) is 0 Å². The molecular weight excluding hydrogens is 343 g/mol. The van der Waals surface area contributed by atoms with E-state index in [0.717, 1.165) is 5.56 Å². The number of fused-ring (bicyclic) bond motifs is 1. The molecule has 0 aromatic heterocycles. The van der Waals surface area contributed by atoms with Gasteiger partial charge in [-0.05, 0) is 38.0 Å². The van der Waals surface area contributed by atoms with E-state index in [4.69, 9.17) is 0 Å². The predicted octanol–water partition coefficient (Wildman–Crippen LogP) is 1.59. The van der Waals surface area contributed by atoms with Crippen molar-refractivity contribution in [2.45, 2.75) is 38.1 Å². The zero-order valence-electron chi connectivity index (χ0n) is 14.6. The van der Waals surface area contributed by atoms with E-state index in [-0.39, 0.29) is 35.4 Å². The number of rotatable bonds is 4. The van der Waals surface area contributed by atoms with Crippen LogP contribution in [-0.2, 0) is 21.2 Å². The molecule has 2 fully saturated rings. The SMILES string of the molecule is CC(C)NC(=O)[C@H]1CCS(=O)(=O)[C@H]2CN(Cc3ccc(F)cc3)C[C@@H]12. The Morgan fingerprint density at radius 1 is 1.28 bits per heavy atom. The third-order valence-corrected chi connectivity index (χ3v) is 7.39. The van der Waals surface area contributed by atoms with Crippen molar-refractivity contribution in [1.82, 2.24) is 10.2 Å². The van der Waals surface area contributed by atoms with Gasteiger partial charge in [0.1, 0.15) is 5.82 Å². The third-order valence-electron chi connectivity index (χ3n) is 5.16. The number of sulfone groups is 1.